The van der Waals surface area contributed by atoms with Crippen LogP contribution in [-0.4, -0.2) is 35.8 Å². The first-order valence-corrected chi connectivity index (χ1v) is 15.2. The van der Waals surface area contributed by atoms with Crippen LogP contribution in [0.2, 0.25) is 0 Å². The minimum atomic E-state index is -1.14. The maximum atomic E-state index is 13.0. The smallest absolute Gasteiger partial charge is 0.335 e. The number of aromatic carboxylic acids is 1. The number of fused-ring (bicyclic) bond motifs is 5. The van der Waals surface area contributed by atoms with Gasteiger partial charge in [0.25, 0.3) is 0 Å². The summed E-state index contributed by atoms with van der Waals surface area (Å²) in [6.45, 7) is 0. The van der Waals surface area contributed by atoms with Gasteiger partial charge < -0.3 is 14.7 Å². The average molecular weight is 592 g/mol. The highest BCUT2D eigenvalue weighted by molar-refractivity contribution is 6.41. The summed E-state index contributed by atoms with van der Waals surface area (Å²) in [4.78, 5) is 39.9. The van der Waals surface area contributed by atoms with Crippen LogP contribution in [0.15, 0.2) is 103 Å². The molecule has 3 aliphatic rings. The van der Waals surface area contributed by atoms with Crippen LogP contribution in [0.4, 0.5) is 11.4 Å². The standard InChI is InChI=1S/C39H29NO5/c1-45-29-13-11-28(12-14-29)40-35-4-2-3-30(35)32-20-26(10-16-36(32)40)25-8-7-23-17-22(5-6-24(23)19-25)18-34-37(41)31-15-9-27(39(43)44)21-33(31)38(34)42/h5-21,30,35H,2-4H2,1H3,(H,43,44)/b34-18+. The zero-order valence-electron chi connectivity index (χ0n) is 24.6. The van der Waals surface area contributed by atoms with Gasteiger partial charge in [0.1, 0.15) is 5.75 Å². The number of carbonyl (C=O) groups excluding carboxylic acids is 2. The average Bonchev–Trinajstić information content (AvgIpc) is 3.73. The van der Waals surface area contributed by atoms with Crippen molar-refractivity contribution in [2.24, 2.45) is 0 Å². The SMILES string of the molecule is COc1ccc(N2c3ccc(-c4ccc5cc(/C=C6\C(=O)c7ccc(C(=O)O)cc7C6=O)ccc5c4)cc3C3CCCC32)cc1. The number of methoxy groups -OCH3 is 1. The first-order valence-electron chi connectivity index (χ1n) is 15.2. The van der Waals surface area contributed by atoms with Crippen molar-refractivity contribution in [2.75, 3.05) is 12.0 Å². The third-order valence-corrected chi connectivity index (χ3v) is 9.60. The predicted molar refractivity (Wildman–Crippen MR) is 175 cm³/mol. The lowest BCUT2D eigenvalue weighted by Gasteiger charge is -2.27. The molecule has 1 saturated carbocycles. The summed E-state index contributed by atoms with van der Waals surface area (Å²) in [6, 6.07) is 32.0. The molecule has 6 heteroatoms. The number of anilines is 2. The zero-order chi connectivity index (χ0) is 30.8. The number of carboxylic acid groups (broad SMARTS) is 1. The number of allylic oxidation sites excluding steroid dienone is 1. The van der Waals surface area contributed by atoms with E-state index < -0.39 is 11.8 Å². The van der Waals surface area contributed by atoms with E-state index in [1.165, 1.54) is 60.0 Å². The molecule has 1 heterocycles. The second-order valence-corrected chi connectivity index (χ2v) is 12.0. The van der Waals surface area contributed by atoms with E-state index in [0.29, 0.717) is 12.0 Å². The van der Waals surface area contributed by atoms with Crippen molar-refractivity contribution < 1.29 is 24.2 Å². The van der Waals surface area contributed by atoms with E-state index in [1.54, 1.807) is 13.2 Å². The molecule has 0 radical (unpaired) electrons. The fourth-order valence-corrected chi connectivity index (χ4v) is 7.40. The molecular formula is C39H29NO5. The Morgan fingerprint density at radius 2 is 1.53 bits per heavy atom. The van der Waals surface area contributed by atoms with Gasteiger partial charge in [-0.1, -0.05) is 36.8 Å². The minimum Gasteiger partial charge on any atom is -0.497 e. The van der Waals surface area contributed by atoms with E-state index in [4.69, 9.17) is 4.74 Å². The number of nitrogens with zero attached hydrogens (tertiary/aromatic N) is 1. The van der Waals surface area contributed by atoms with E-state index in [1.807, 2.05) is 30.3 Å². The summed E-state index contributed by atoms with van der Waals surface area (Å²) in [6.07, 6.45) is 5.21. The van der Waals surface area contributed by atoms with Crippen LogP contribution in [0.5, 0.6) is 5.75 Å². The second-order valence-electron chi connectivity index (χ2n) is 12.0. The van der Waals surface area contributed by atoms with Crippen LogP contribution in [0.25, 0.3) is 28.0 Å². The molecule has 2 aliphatic carbocycles. The Kier molecular flexibility index (Phi) is 6.20. The Morgan fingerprint density at radius 3 is 2.33 bits per heavy atom. The van der Waals surface area contributed by atoms with Gasteiger partial charge in [-0.3, -0.25) is 9.59 Å². The van der Waals surface area contributed by atoms with Gasteiger partial charge in [0, 0.05) is 34.5 Å². The minimum absolute atomic E-state index is 0.0151. The van der Waals surface area contributed by atoms with Crippen molar-refractivity contribution in [1.29, 1.82) is 0 Å². The van der Waals surface area contributed by atoms with Crippen LogP contribution in [0.1, 0.15) is 67.4 Å². The number of hydrogen-bond acceptors (Lipinski definition) is 5. The summed E-state index contributed by atoms with van der Waals surface area (Å²) in [5, 5.41) is 11.4. The number of ketones is 2. The zero-order valence-corrected chi connectivity index (χ0v) is 24.6. The Balaban J connectivity index is 1.10. The Hall–Kier alpha value is -5.49. The molecule has 8 rings (SSSR count). The largest absolute Gasteiger partial charge is 0.497 e. The molecule has 2 atom stereocenters. The van der Waals surface area contributed by atoms with Crippen LogP contribution in [0.3, 0.4) is 0 Å². The molecule has 5 aromatic rings. The fourth-order valence-electron chi connectivity index (χ4n) is 7.40. The highest BCUT2D eigenvalue weighted by Gasteiger charge is 2.42. The summed E-state index contributed by atoms with van der Waals surface area (Å²) >= 11 is 0. The molecule has 0 amide bonds. The lowest BCUT2D eigenvalue weighted by atomic mass is 9.93. The topological polar surface area (TPSA) is 83.9 Å². The number of hydrogen-bond donors (Lipinski definition) is 1. The van der Waals surface area contributed by atoms with Gasteiger partial charge in [0.05, 0.1) is 18.2 Å². The van der Waals surface area contributed by atoms with Crippen LogP contribution in [-0.2, 0) is 0 Å². The molecule has 1 N–H and O–H groups in total. The normalized spacial score (nSPS) is 19.2. The molecule has 5 aromatic carbocycles. The molecule has 2 unspecified atom stereocenters. The highest BCUT2D eigenvalue weighted by atomic mass is 16.5. The van der Waals surface area contributed by atoms with Gasteiger partial charge in [-0.25, -0.2) is 4.79 Å². The van der Waals surface area contributed by atoms with E-state index >= 15 is 0 Å². The number of rotatable bonds is 5. The third kappa shape index (κ3) is 4.36. The van der Waals surface area contributed by atoms with Crippen molar-refractivity contribution in [1.82, 2.24) is 0 Å². The quantitative estimate of drug-likeness (QED) is 0.163. The van der Waals surface area contributed by atoms with Gasteiger partial charge in [-0.05, 0) is 119 Å². The summed E-state index contributed by atoms with van der Waals surface area (Å²) in [5.41, 5.74) is 7.38. The second kappa shape index (κ2) is 10.3. The molecule has 45 heavy (non-hydrogen) atoms. The summed E-state index contributed by atoms with van der Waals surface area (Å²) < 4.78 is 5.39. The molecule has 0 aromatic heterocycles. The fraction of sp³-hybridized carbons (Fsp3) is 0.154. The molecular weight excluding hydrogens is 562 g/mol. The van der Waals surface area contributed by atoms with Crippen molar-refractivity contribution in [3.05, 3.63) is 130 Å². The first-order chi connectivity index (χ1) is 21.9. The molecule has 1 fully saturated rings. The molecule has 0 bridgehead atoms. The maximum Gasteiger partial charge on any atom is 0.335 e. The molecule has 0 spiro atoms. The van der Waals surface area contributed by atoms with Crippen LogP contribution >= 0.6 is 0 Å². The molecule has 220 valence electrons. The van der Waals surface area contributed by atoms with Gasteiger partial charge in [0.15, 0.2) is 11.6 Å². The Bertz CT molecular complexity index is 2110. The van der Waals surface area contributed by atoms with Crippen LogP contribution in [0, 0.1) is 0 Å². The van der Waals surface area contributed by atoms with Crippen LogP contribution < -0.4 is 9.64 Å². The van der Waals surface area contributed by atoms with E-state index in [9.17, 15) is 19.5 Å². The van der Waals surface area contributed by atoms with Gasteiger partial charge in [-0.15, -0.1) is 0 Å². The number of ether oxygens (including phenoxy) is 1. The molecule has 0 saturated heterocycles. The number of carbonyl (C=O) groups is 3. The van der Waals surface area contributed by atoms with Gasteiger partial charge in [-0.2, -0.15) is 0 Å². The number of Topliss-reactive ketones (excluding diaryl/α,β-unsaturated/α-hetero) is 2. The third-order valence-electron chi connectivity index (χ3n) is 9.60. The maximum absolute atomic E-state index is 13.0. The van der Waals surface area contributed by atoms with Crippen molar-refractivity contribution in [3.8, 4) is 16.9 Å². The van der Waals surface area contributed by atoms with E-state index in [-0.39, 0.29) is 28.0 Å². The number of carboxylic acids is 1. The lowest BCUT2D eigenvalue weighted by molar-refractivity contribution is 0.0696. The van der Waals surface area contributed by atoms with Crippen molar-refractivity contribution in [2.45, 2.75) is 31.2 Å². The number of benzene rings is 5. The lowest BCUT2D eigenvalue weighted by Crippen LogP contribution is -2.26. The highest BCUT2D eigenvalue weighted by Crippen LogP contribution is 2.53. The predicted octanol–water partition coefficient (Wildman–Crippen LogP) is 8.46. The van der Waals surface area contributed by atoms with E-state index in [0.717, 1.165) is 27.6 Å². The first kappa shape index (κ1) is 27.1. The summed E-state index contributed by atoms with van der Waals surface area (Å²) in [7, 11) is 1.69. The molecule has 1 aliphatic heterocycles. The van der Waals surface area contributed by atoms with Crippen molar-refractivity contribution in [3.63, 3.8) is 0 Å². The van der Waals surface area contributed by atoms with E-state index in [2.05, 4.69) is 53.4 Å². The van der Waals surface area contributed by atoms with Gasteiger partial charge >= 0.3 is 5.97 Å². The Labute approximate surface area is 260 Å². The summed E-state index contributed by atoms with van der Waals surface area (Å²) in [5.74, 6) is -0.587. The Morgan fingerprint density at radius 1 is 0.800 bits per heavy atom. The monoisotopic (exact) mass is 591 g/mol. The van der Waals surface area contributed by atoms with Crippen molar-refractivity contribution >= 4 is 45.8 Å². The molecule has 6 nitrogen and oxygen atoms in total. The van der Waals surface area contributed by atoms with Gasteiger partial charge in [0.2, 0.25) is 0 Å².